The Morgan fingerprint density at radius 2 is 2.00 bits per heavy atom. The van der Waals surface area contributed by atoms with E-state index in [1.54, 1.807) is 24.4 Å². The number of pyridine rings is 1. The second-order valence-corrected chi connectivity index (χ2v) is 10.9. The fraction of sp³-hybridized carbons (Fsp3) is 0.391. The Bertz CT molecular complexity index is 1390. The number of nitrogens with zero attached hydrogens (tertiary/aromatic N) is 2. The summed E-state index contributed by atoms with van der Waals surface area (Å²) in [6.45, 7) is 0. The van der Waals surface area contributed by atoms with Crippen LogP contribution in [0.5, 0.6) is 0 Å². The molecule has 8 nitrogen and oxygen atoms in total. The second-order valence-electron chi connectivity index (χ2n) is 8.54. The lowest BCUT2D eigenvalue weighted by molar-refractivity contribution is -0.120. The highest BCUT2D eigenvalue weighted by atomic mass is 32.2. The number of anilines is 1. The van der Waals surface area contributed by atoms with Gasteiger partial charge in [-0.3, -0.25) is 14.2 Å². The molecule has 1 saturated carbocycles. The fourth-order valence-corrected chi connectivity index (χ4v) is 5.41. The molecule has 1 fully saturated rings. The summed E-state index contributed by atoms with van der Waals surface area (Å²) < 4.78 is 25.3. The van der Waals surface area contributed by atoms with Gasteiger partial charge in [-0.15, -0.1) is 0 Å². The Morgan fingerprint density at radius 1 is 1.24 bits per heavy atom. The Balaban J connectivity index is 1.79. The van der Waals surface area contributed by atoms with Crippen LogP contribution >= 0.6 is 12.2 Å². The van der Waals surface area contributed by atoms with Crippen LogP contribution < -0.4 is 10.9 Å². The number of carbonyl (C=O) groups excluding carboxylic acids is 1. The predicted molar refractivity (Wildman–Crippen MR) is 130 cm³/mol. The summed E-state index contributed by atoms with van der Waals surface area (Å²) in [5.74, 6) is 0.355. The zero-order valence-corrected chi connectivity index (χ0v) is 19.9. The van der Waals surface area contributed by atoms with Gasteiger partial charge in [-0.1, -0.05) is 38.2 Å². The van der Waals surface area contributed by atoms with Gasteiger partial charge in [0.15, 0.2) is 14.6 Å². The number of nitrogens with one attached hydrogen (secondary N) is 2. The Kier molecular flexibility index (Phi) is 6.76. The van der Waals surface area contributed by atoms with Crippen LogP contribution in [0.3, 0.4) is 0 Å². The Morgan fingerprint density at radius 3 is 2.67 bits per heavy atom. The average Bonchev–Trinajstić information content (AvgIpc) is 2.78. The molecule has 10 heteroatoms. The van der Waals surface area contributed by atoms with Crippen LogP contribution in [0.25, 0.3) is 10.9 Å². The molecule has 33 heavy (non-hydrogen) atoms. The van der Waals surface area contributed by atoms with Crippen LogP contribution in [0, 0.1) is 10.7 Å². The van der Waals surface area contributed by atoms with Crippen molar-refractivity contribution in [1.82, 2.24) is 14.5 Å². The maximum absolute atomic E-state index is 13.5. The molecule has 0 bridgehead atoms. The smallest absolute Gasteiger partial charge is 0.262 e. The maximum Gasteiger partial charge on any atom is 0.262 e. The first kappa shape index (κ1) is 23.3. The molecule has 1 atom stereocenters. The minimum atomic E-state index is -3.45. The number of aromatic amines is 1. The lowest BCUT2D eigenvalue weighted by atomic mass is 9.84. The number of sulfone groups is 1. The first-order chi connectivity index (χ1) is 15.7. The van der Waals surface area contributed by atoms with Crippen LogP contribution in [0.1, 0.15) is 44.6 Å². The SMILES string of the molecule is CS(=O)(=O)c1ccc2c(=O)n(C(CC3CCCCC3)C(=O)Nc3ccccn3)c(=S)[nH]c2c1. The highest BCUT2D eigenvalue weighted by Gasteiger charge is 2.28. The first-order valence-electron chi connectivity index (χ1n) is 10.9. The summed E-state index contributed by atoms with van der Waals surface area (Å²) in [6, 6.07) is 8.65. The highest BCUT2D eigenvalue weighted by Crippen LogP contribution is 2.31. The third kappa shape index (κ3) is 5.22. The summed E-state index contributed by atoms with van der Waals surface area (Å²) in [6.07, 6.45) is 8.57. The number of hydrogen-bond donors (Lipinski definition) is 2. The molecule has 0 saturated heterocycles. The quantitative estimate of drug-likeness (QED) is 0.509. The molecule has 1 aliphatic rings. The zero-order valence-electron chi connectivity index (χ0n) is 18.3. The number of benzene rings is 1. The van der Waals surface area contributed by atoms with Crippen molar-refractivity contribution in [3.05, 3.63) is 57.7 Å². The van der Waals surface area contributed by atoms with Crippen LogP contribution in [-0.2, 0) is 14.6 Å². The summed E-state index contributed by atoms with van der Waals surface area (Å²) in [5.41, 5.74) is -0.100. The van der Waals surface area contributed by atoms with Gasteiger partial charge in [0.1, 0.15) is 11.9 Å². The van der Waals surface area contributed by atoms with E-state index in [2.05, 4.69) is 15.3 Å². The van der Waals surface area contributed by atoms with Crippen LogP contribution in [0.2, 0.25) is 0 Å². The molecular weight excluding hydrogens is 460 g/mol. The molecule has 1 aromatic carbocycles. The number of rotatable bonds is 6. The lowest BCUT2D eigenvalue weighted by Crippen LogP contribution is -2.36. The molecular formula is C23H26N4O4S2. The molecule has 0 spiro atoms. The van der Waals surface area contributed by atoms with Crippen molar-refractivity contribution in [3.63, 3.8) is 0 Å². The van der Waals surface area contributed by atoms with E-state index < -0.39 is 21.4 Å². The zero-order chi connectivity index (χ0) is 23.6. The Hall–Kier alpha value is -2.85. The van der Waals surface area contributed by atoms with Crippen molar-refractivity contribution in [1.29, 1.82) is 0 Å². The van der Waals surface area contributed by atoms with Crippen LogP contribution in [0.15, 0.2) is 52.3 Å². The van der Waals surface area contributed by atoms with Gasteiger partial charge < -0.3 is 10.3 Å². The summed E-state index contributed by atoms with van der Waals surface area (Å²) >= 11 is 5.49. The normalized spacial score (nSPS) is 15.9. The molecule has 1 unspecified atom stereocenters. The minimum absolute atomic E-state index is 0.0788. The number of aromatic nitrogens is 3. The number of carbonyl (C=O) groups is 1. The van der Waals surface area contributed by atoms with Crippen molar-refractivity contribution in [3.8, 4) is 0 Å². The van der Waals surface area contributed by atoms with Crippen LogP contribution in [0.4, 0.5) is 5.82 Å². The van der Waals surface area contributed by atoms with Gasteiger partial charge in [0.2, 0.25) is 5.91 Å². The topological polar surface area (TPSA) is 114 Å². The highest BCUT2D eigenvalue weighted by molar-refractivity contribution is 7.90. The fourth-order valence-electron chi connectivity index (χ4n) is 4.44. The van der Waals surface area contributed by atoms with E-state index in [9.17, 15) is 18.0 Å². The summed E-state index contributed by atoms with van der Waals surface area (Å²) in [4.78, 5) is 34.1. The number of H-pyrrole nitrogens is 1. The van der Waals surface area contributed by atoms with Crippen molar-refractivity contribution in [2.45, 2.75) is 49.5 Å². The van der Waals surface area contributed by atoms with Gasteiger partial charge >= 0.3 is 0 Å². The van der Waals surface area contributed by atoms with Crippen molar-refractivity contribution >= 4 is 44.7 Å². The van der Waals surface area contributed by atoms with Gasteiger partial charge in [-0.2, -0.15) is 0 Å². The minimum Gasteiger partial charge on any atom is -0.331 e. The molecule has 4 rings (SSSR count). The largest absolute Gasteiger partial charge is 0.331 e. The van der Waals surface area contributed by atoms with Gasteiger partial charge in [0.05, 0.1) is 15.8 Å². The van der Waals surface area contributed by atoms with Gasteiger partial charge in [0.25, 0.3) is 5.56 Å². The van der Waals surface area contributed by atoms with E-state index in [1.807, 2.05) is 0 Å². The second kappa shape index (κ2) is 9.56. The molecule has 0 radical (unpaired) electrons. The van der Waals surface area contributed by atoms with Crippen molar-refractivity contribution in [2.24, 2.45) is 5.92 Å². The van der Waals surface area contributed by atoms with Gasteiger partial charge in [0, 0.05) is 12.5 Å². The van der Waals surface area contributed by atoms with E-state index >= 15 is 0 Å². The first-order valence-corrected chi connectivity index (χ1v) is 13.2. The molecule has 1 amide bonds. The van der Waals surface area contributed by atoms with E-state index in [0.717, 1.165) is 31.9 Å². The molecule has 0 aliphatic heterocycles. The Labute approximate surface area is 197 Å². The van der Waals surface area contributed by atoms with Crippen molar-refractivity contribution in [2.75, 3.05) is 11.6 Å². The molecule has 2 N–H and O–H groups in total. The molecule has 3 aromatic rings. The van der Waals surface area contributed by atoms with Crippen LogP contribution in [-0.4, -0.2) is 35.1 Å². The third-order valence-corrected chi connectivity index (χ3v) is 7.55. The van der Waals surface area contributed by atoms with Gasteiger partial charge in [-0.05, 0) is 54.9 Å². The van der Waals surface area contributed by atoms with E-state index in [1.165, 1.54) is 29.2 Å². The molecule has 2 aromatic heterocycles. The van der Waals surface area contributed by atoms with Crippen molar-refractivity contribution < 1.29 is 13.2 Å². The van der Waals surface area contributed by atoms with Gasteiger partial charge in [-0.25, -0.2) is 13.4 Å². The molecule has 1 aliphatic carbocycles. The monoisotopic (exact) mass is 486 g/mol. The predicted octanol–water partition coefficient (Wildman–Crippen LogP) is 4.01. The molecule has 2 heterocycles. The van der Waals surface area contributed by atoms with E-state index in [4.69, 9.17) is 12.2 Å². The standard InChI is InChI=1S/C23H26N4O4S2/c1-33(30,31)16-10-11-17-18(14-16)25-23(32)27(22(17)29)19(13-15-7-3-2-4-8-15)21(28)26-20-9-5-6-12-24-20/h5-6,9-12,14-15,19H,2-4,7-8,13H2,1H3,(H,25,32)(H,24,26,28). The average molecular weight is 487 g/mol. The third-order valence-electron chi connectivity index (χ3n) is 6.14. The number of hydrogen-bond acceptors (Lipinski definition) is 6. The van der Waals surface area contributed by atoms with E-state index in [-0.39, 0.29) is 21.0 Å². The maximum atomic E-state index is 13.5. The number of amides is 1. The summed E-state index contributed by atoms with van der Waals surface area (Å²) in [7, 11) is -3.45. The summed E-state index contributed by atoms with van der Waals surface area (Å²) in [5, 5.41) is 3.09. The number of fused-ring (bicyclic) bond motifs is 1. The molecule has 174 valence electrons. The van der Waals surface area contributed by atoms with E-state index in [0.29, 0.717) is 23.7 Å². The lowest BCUT2D eigenvalue weighted by Gasteiger charge is -2.27.